The van der Waals surface area contributed by atoms with E-state index in [2.05, 4.69) is 10.6 Å². The molecule has 4 atom stereocenters. The van der Waals surface area contributed by atoms with Gasteiger partial charge in [-0.25, -0.2) is 4.79 Å². The molecule has 0 aromatic heterocycles. The molecule has 12 heteroatoms. The Morgan fingerprint density at radius 2 is 1.74 bits per heavy atom. The fraction of sp³-hybridized carbons (Fsp3) is 0.500. The van der Waals surface area contributed by atoms with Gasteiger partial charge >= 0.3 is 11.9 Å². The molecule has 12 nitrogen and oxygen atoms in total. The second-order valence-corrected chi connectivity index (χ2v) is 8.23. The van der Waals surface area contributed by atoms with Gasteiger partial charge in [-0.15, -0.1) is 0 Å². The summed E-state index contributed by atoms with van der Waals surface area (Å²) in [6.07, 6.45) is 0.260. The zero-order valence-electron chi connectivity index (χ0n) is 18.8. The molecule has 0 saturated carbocycles. The summed E-state index contributed by atoms with van der Waals surface area (Å²) in [5.41, 5.74) is 6.61. The van der Waals surface area contributed by atoms with Gasteiger partial charge in [0.05, 0.1) is 6.04 Å². The fourth-order valence-electron chi connectivity index (χ4n) is 3.67. The summed E-state index contributed by atoms with van der Waals surface area (Å²) in [4.78, 5) is 61.5. The number of carbonyl (C=O) groups is 5. The monoisotopic (exact) mass is 478 g/mol. The van der Waals surface area contributed by atoms with Crippen LogP contribution in [0.5, 0.6) is 5.75 Å². The number of nitrogens with one attached hydrogen (secondary N) is 2. The molecule has 2 rings (SSSR count). The van der Waals surface area contributed by atoms with Gasteiger partial charge in [-0.2, -0.15) is 0 Å². The number of benzene rings is 1. The van der Waals surface area contributed by atoms with Gasteiger partial charge in [0.2, 0.25) is 17.7 Å². The molecule has 0 bridgehead atoms. The van der Waals surface area contributed by atoms with Gasteiger partial charge in [0.1, 0.15) is 23.9 Å². The van der Waals surface area contributed by atoms with Gasteiger partial charge in [-0.3, -0.25) is 19.2 Å². The first-order chi connectivity index (χ1) is 16.0. The molecule has 1 aliphatic heterocycles. The fourth-order valence-corrected chi connectivity index (χ4v) is 3.67. The number of hydrogen-bond acceptors (Lipinski definition) is 7. The van der Waals surface area contributed by atoms with E-state index in [4.69, 9.17) is 10.8 Å². The van der Waals surface area contributed by atoms with Crippen molar-refractivity contribution in [2.75, 3.05) is 6.54 Å². The van der Waals surface area contributed by atoms with Crippen LogP contribution < -0.4 is 16.4 Å². The summed E-state index contributed by atoms with van der Waals surface area (Å²) in [6, 6.07) is 1.77. The molecule has 3 amide bonds. The van der Waals surface area contributed by atoms with Gasteiger partial charge in [0.15, 0.2) is 0 Å². The summed E-state index contributed by atoms with van der Waals surface area (Å²) in [5.74, 6) is -4.30. The van der Waals surface area contributed by atoms with Crippen LogP contribution in [0.3, 0.4) is 0 Å². The van der Waals surface area contributed by atoms with Gasteiger partial charge in [0, 0.05) is 13.0 Å². The van der Waals surface area contributed by atoms with E-state index in [1.165, 1.54) is 19.1 Å². The van der Waals surface area contributed by atoms with Crippen LogP contribution in [0.4, 0.5) is 0 Å². The second-order valence-electron chi connectivity index (χ2n) is 8.23. The van der Waals surface area contributed by atoms with Crippen molar-refractivity contribution in [1.29, 1.82) is 0 Å². The number of carbonyl (C=O) groups excluding carboxylic acids is 3. The number of carboxylic acids is 2. The van der Waals surface area contributed by atoms with Crippen molar-refractivity contribution >= 4 is 29.7 Å². The van der Waals surface area contributed by atoms with Crippen LogP contribution in [0.1, 0.15) is 38.2 Å². The third-order valence-electron chi connectivity index (χ3n) is 5.56. The van der Waals surface area contributed by atoms with E-state index in [1.807, 2.05) is 0 Å². The smallest absolute Gasteiger partial charge is 0.326 e. The first-order valence-corrected chi connectivity index (χ1v) is 10.9. The van der Waals surface area contributed by atoms with Crippen molar-refractivity contribution in [2.24, 2.45) is 5.73 Å². The van der Waals surface area contributed by atoms with Crippen molar-refractivity contribution in [3.8, 4) is 5.75 Å². The molecule has 1 aromatic rings. The van der Waals surface area contributed by atoms with Crippen LogP contribution in [0.25, 0.3) is 0 Å². The summed E-state index contributed by atoms with van der Waals surface area (Å²) in [7, 11) is 0. The van der Waals surface area contributed by atoms with Crippen LogP contribution in [0.15, 0.2) is 24.3 Å². The predicted molar refractivity (Wildman–Crippen MR) is 119 cm³/mol. The number of hydrogen-bond donors (Lipinski definition) is 6. The van der Waals surface area contributed by atoms with Crippen molar-refractivity contribution in [1.82, 2.24) is 15.5 Å². The molecule has 1 aliphatic rings. The summed E-state index contributed by atoms with van der Waals surface area (Å²) in [5, 5.41) is 32.5. The van der Waals surface area contributed by atoms with Gasteiger partial charge in [-0.1, -0.05) is 12.1 Å². The van der Waals surface area contributed by atoms with Gasteiger partial charge in [-0.05, 0) is 50.3 Å². The Kier molecular flexibility index (Phi) is 9.36. The average molecular weight is 479 g/mol. The number of nitrogens with zero attached hydrogens (tertiary/aromatic N) is 1. The number of amides is 3. The van der Waals surface area contributed by atoms with E-state index >= 15 is 0 Å². The molecule has 0 spiro atoms. The highest BCUT2D eigenvalue weighted by Crippen LogP contribution is 2.19. The standard InChI is InChI=1S/C22H30N4O8/c1-12(24-20(31)15(23)11-13-4-6-14(27)7-5-13)19(30)25-16(8-9-18(28)29)21(32)26-10-2-3-17(26)22(33)34/h4-7,12,15-17,27H,2-3,8-11,23H2,1H3,(H,24,31)(H,25,30)(H,28,29)(H,33,34). The number of phenolic OH excluding ortho intramolecular Hbond substituents is 1. The molecule has 1 heterocycles. The Bertz CT molecular complexity index is 920. The number of aliphatic carboxylic acids is 2. The van der Waals surface area contributed by atoms with E-state index in [9.17, 15) is 34.2 Å². The van der Waals surface area contributed by atoms with Crippen LogP contribution in [0.2, 0.25) is 0 Å². The second kappa shape index (κ2) is 12.0. The quantitative estimate of drug-likeness (QED) is 0.235. The lowest BCUT2D eigenvalue weighted by atomic mass is 10.1. The molecule has 1 fully saturated rings. The molecule has 1 aromatic carbocycles. The first kappa shape index (κ1) is 26.6. The summed E-state index contributed by atoms with van der Waals surface area (Å²) in [6.45, 7) is 1.57. The number of phenols is 1. The minimum absolute atomic E-state index is 0.0719. The van der Waals surface area contributed by atoms with E-state index in [0.29, 0.717) is 12.0 Å². The third kappa shape index (κ3) is 7.44. The van der Waals surface area contributed by atoms with Crippen molar-refractivity contribution < 1.29 is 39.3 Å². The van der Waals surface area contributed by atoms with E-state index in [1.54, 1.807) is 12.1 Å². The largest absolute Gasteiger partial charge is 0.508 e. The van der Waals surface area contributed by atoms with Gasteiger partial charge in [0.25, 0.3) is 0 Å². The Balaban J connectivity index is 2.00. The molecule has 4 unspecified atom stereocenters. The third-order valence-corrected chi connectivity index (χ3v) is 5.56. The van der Waals surface area contributed by atoms with Gasteiger partial charge < -0.3 is 36.6 Å². The summed E-state index contributed by atoms with van der Waals surface area (Å²) >= 11 is 0. The highest BCUT2D eigenvalue weighted by Gasteiger charge is 2.38. The number of carboxylic acid groups (broad SMARTS) is 2. The Hall–Kier alpha value is -3.67. The number of aromatic hydroxyl groups is 1. The molecule has 7 N–H and O–H groups in total. The van der Waals surface area contributed by atoms with Crippen molar-refractivity contribution in [2.45, 2.75) is 63.2 Å². The molecule has 186 valence electrons. The highest BCUT2D eigenvalue weighted by molar-refractivity contribution is 5.94. The zero-order chi connectivity index (χ0) is 25.4. The molecular weight excluding hydrogens is 448 g/mol. The first-order valence-electron chi connectivity index (χ1n) is 10.9. The van der Waals surface area contributed by atoms with Crippen LogP contribution in [-0.2, 0) is 30.4 Å². The highest BCUT2D eigenvalue weighted by atomic mass is 16.4. The maximum Gasteiger partial charge on any atom is 0.326 e. The number of likely N-dealkylation sites (tertiary alicyclic amines) is 1. The lowest BCUT2D eigenvalue weighted by Gasteiger charge is -2.28. The maximum absolute atomic E-state index is 12.9. The van der Waals surface area contributed by atoms with Crippen molar-refractivity contribution in [3.05, 3.63) is 29.8 Å². The Labute approximate surface area is 196 Å². The molecule has 1 saturated heterocycles. The van der Waals surface area contributed by atoms with Crippen molar-refractivity contribution in [3.63, 3.8) is 0 Å². The van der Waals surface area contributed by atoms with E-state index in [0.717, 1.165) is 4.90 Å². The molecular formula is C22H30N4O8. The lowest BCUT2D eigenvalue weighted by molar-refractivity contribution is -0.150. The normalized spacial score (nSPS) is 17.9. The van der Waals surface area contributed by atoms with Crippen LogP contribution in [0, 0.1) is 0 Å². The average Bonchev–Trinajstić information content (AvgIpc) is 3.27. The topological polar surface area (TPSA) is 199 Å². The lowest BCUT2D eigenvalue weighted by Crippen LogP contribution is -2.56. The SMILES string of the molecule is CC(NC(=O)C(N)Cc1ccc(O)cc1)C(=O)NC(CCC(=O)O)C(=O)N1CCCC1C(=O)O. The zero-order valence-corrected chi connectivity index (χ0v) is 18.8. The summed E-state index contributed by atoms with van der Waals surface area (Å²) < 4.78 is 0. The molecule has 0 radical (unpaired) electrons. The minimum Gasteiger partial charge on any atom is -0.508 e. The minimum atomic E-state index is -1.26. The Morgan fingerprint density at radius 1 is 1.09 bits per heavy atom. The molecule has 0 aliphatic carbocycles. The number of rotatable bonds is 11. The maximum atomic E-state index is 12.9. The van der Waals surface area contributed by atoms with Crippen LogP contribution >= 0.6 is 0 Å². The van der Waals surface area contributed by atoms with E-state index < -0.39 is 60.2 Å². The van der Waals surface area contributed by atoms with Crippen LogP contribution in [-0.4, -0.2) is 80.6 Å². The molecule has 34 heavy (non-hydrogen) atoms. The Morgan fingerprint density at radius 3 is 2.32 bits per heavy atom. The predicted octanol–water partition coefficient (Wildman–Crippen LogP) is -0.808. The van der Waals surface area contributed by atoms with E-state index in [-0.39, 0.29) is 31.6 Å². The number of nitrogens with two attached hydrogens (primary N) is 1.